The predicted molar refractivity (Wildman–Crippen MR) is 137 cm³/mol. The summed E-state index contributed by atoms with van der Waals surface area (Å²) in [6.45, 7) is 5.93. The smallest absolute Gasteiger partial charge is 0.407 e. The van der Waals surface area contributed by atoms with Crippen molar-refractivity contribution in [2.75, 3.05) is 23.7 Å². The van der Waals surface area contributed by atoms with Crippen LogP contribution in [-0.4, -0.2) is 55.0 Å². The van der Waals surface area contributed by atoms with Gasteiger partial charge in [-0.2, -0.15) is 5.10 Å². The van der Waals surface area contributed by atoms with E-state index in [-0.39, 0.29) is 40.2 Å². The normalized spacial score (nSPS) is 14.8. The lowest BCUT2D eigenvalue weighted by atomic mass is 10.0. The lowest BCUT2D eigenvalue weighted by Crippen LogP contribution is -2.37. The van der Waals surface area contributed by atoms with Crippen molar-refractivity contribution >= 4 is 28.7 Å². The van der Waals surface area contributed by atoms with E-state index in [9.17, 15) is 13.4 Å². The summed E-state index contributed by atoms with van der Waals surface area (Å²) in [5, 5.41) is 10.2. The van der Waals surface area contributed by atoms with Gasteiger partial charge >= 0.3 is 6.09 Å². The number of methoxy groups -OCH3 is 1. The van der Waals surface area contributed by atoms with Gasteiger partial charge in [0.05, 0.1) is 23.7 Å². The van der Waals surface area contributed by atoms with E-state index in [2.05, 4.69) is 35.2 Å². The molecule has 13 heteroatoms. The number of amides is 1. The maximum absolute atomic E-state index is 15.6. The third-order valence-corrected chi connectivity index (χ3v) is 7.14. The van der Waals surface area contributed by atoms with E-state index in [4.69, 9.17) is 0 Å². The highest BCUT2D eigenvalue weighted by Gasteiger charge is 2.30. The molecule has 4 rings (SSSR count). The minimum Gasteiger partial charge on any atom is -0.453 e. The third-order valence-electron chi connectivity index (χ3n) is 5.64. The predicted octanol–water partition coefficient (Wildman–Crippen LogP) is 4.26. The van der Waals surface area contributed by atoms with Crippen molar-refractivity contribution in [3.63, 3.8) is 0 Å². The van der Waals surface area contributed by atoms with Crippen molar-refractivity contribution in [2.24, 2.45) is 0 Å². The number of ether oxygens (including phenoxy) is 1. The van der Waals surface area contributed by atoms with Gasteiger partial charge < -0.3 is 20.1 Å². The van der Waals surface area contributed by atoms with E-state index >= 15 is 4.39 Å². The molecule has 2 atom stereocenters. The molecule has 2 aromatic heterocycles. The number of aromatic nitrogens is 4. The van der Waals surface area contributed by atoms with Crippen molar-refractivity contribution in [1.82, 2.24) is 25.1 Å². The van der Waals surface area contributed by atoms with Crippen molar-refractivity contribution in [2.45, 2.75) is 50.9 Å². The summed E-state index contributed by atoms with van der Waals surface area (Å²) in [4.78, 5) is 20.1. The Morgan fingerprint density at radius 1 is 1.24 bits per heavy atom. The van der Waals surface area contributed by atoms with Crippen LogP contribution in [0.25, 0.3) is 22.5 Å². The number of carbonyl (C=O) groups is 1. The lowest BCUT2D eigenvalue weighted by Gasteiger charge is -2.14. The first kappa shape index (κ1) is 26.5. The summed E-state index contributed by atoms with van der Waals surface area (Å²) >= 11 is 0. The number of rotatable bonds is 10. The van der Waals surface area contributed by atoms with Crippen molar-refractivity contribution in [1.29, 1.82) is 0 Å². The van der Waals surface area contributed by atoms with Crippen molar-refractivity contribution < 1.29 is 22.5 Å². The maximum Gasteiger partial charge on any atom is 0.407 e. The van der Waals surface area contributed by atoms with Gasteiger partial charge in [0, 0.05) is 48.2 Å². The fourth-order valence-corrected chi connectivity index (χ4v) is 4.60. The zero-order valence-electron chi connectivity index (χ0n) is 20.9. The van der Waals surface area contributed by atoms with Gasteiger partial charge in [-0.3, -0.25) is 4.68 Å². The molecule has 1 aliphatic rings. The van der Waals surface area contributed by atoms with Crippen LogP contribution in [-0.2, 0) is 15.7 Å². The number of hydrogen-bond donors (Lipinski definition) is 3. The SMILES string of the molecule is COC(=O)N[C@@H](C)CNc1nccc(-c2cn(C(C)C)nc2-c2cc(F)cc(NS(=O)C3CC3)c2F)n1. The van der Waals surface area contributed by atoms with Gasteiger partial charge in [-0.05, 0) is 45.7 Å². The molecule has 3 aromatic rings. The van der Waals surface area contributed by atoms with Crippen LogP contribution < -0.4 is 15.4 Å². The van der Waals surface area contributed by atoms with Crippen LogP contribution in [0, 0.1) is 11.6 Å². The first-order valence-electron chi connectivity index (χ1n) is 11.8. The van der Waals surface area contributed by atoms with Gasteiger partial charge in [0.1, 0.15) is 22.5 Å². The first-order chi connectivity index (χ1) is 17.7. The number of carbonyl (C=O) groups excluding carboxylic acids is 1. The Kier molecular flexibility index (Phi) is 8.00. The summed E-state index contributed by atoms with van der Waals surface area (Å²) in [5.41, 5.74) is 0.846. The number of alkyl carbamates (subject to hydrolysis) is 1. The highest BCUT2D eigenvalue weighted by molar-refractivity contribution is 7.87. The van der Waals surface area contributed by atoms with Crippen LogP contribution in [0.4, 0.5) is 25.2 Å². The number of benzene rings is 1. The molecule has 0 saturated heterocycles. The molecule has 1 fully saturated rings. The molecule has 1 saturated carbocycles. The average molecular weight is 534 g/mol. The van der Waals surface area contributed by atoms with Gasteiger partial charge in [0.25, 0.3) is 0 Å². The molecule has 0 spiro atoms. The van der Waals surface area contributed by atoms with Crippen LogP contribution in [0.1, 0.15) is 39.7 Å². The van der Waals surface area contributed by atoms with Crippen molar-refractivity contribution in [3.8, 4) is 22.5 Å². The zero-order chi connectivity index (χ0) is 26.7. The fraction of sp³-hybridized carbons (Fsp3) is 0.417. The molecule has 0 radical (unpaired) electrons. The molecule has 0 aliphatic heterocycles. The molecule has 2 heterocycles. The van der Waals surface area contributed by atoms with Gasteiger partial charge in [-0.1, -0.05) is 0 Å². The number of hydrogen-bond acceptors (Lipinski definition) is 7. The minimum atomic E-state index is -1.50. The number of nitrogens with zero attached hydrogens (tertiary/aromatic N) is 4. The first-order valence-corrected chi connectivity index (χ1v) is 13.0. The molecule has 1 aromatic carbocycles. The van der Waals surface area contributed by atoms with Crippen LogP contribution in [0.2, 0.25) is 0 Å². The second kappa shape index (κ2) is 11.2. The van der Waals surface area contributed by atoms with E-state index in [1.165, 1.54) is 13.3 Å². The Morgan fingerprint density at radius 2 is 2.00 bits per heavy atom. The molecule has 37 heavy (non-hydrogen) atoms. The highest BCUT2D eigenvalue weighted by atomic mass is 32.2. The maximum atomic E-state index is 15.6. The summed E-state index contributed by atoms with van der Waals surface area (Å²) in [5.74, 6) is -1.16. The summed E-state index contributed by atoms with van der Waals surface area (Å²) in [6.07, 6.45) is 4.27. The van der Waals surface area contributed by atoms with Crippen molar-refractivity contribution in [3.05, 3.63) is 42.2 Å². The molecule has 10 nitrogen and oxygen atoms in total. The van der Waals surface area contributed by atoms with Gasteiger partial charge in [0.15, 0.2) is 5.82 Å². The van der Waals surface area contributed by atoms with Crippen LogP contribution >= 0.6 is 0 Å². The Hall–Kier alpha value is -3.61. The number of anilines is 2. The molecule has 198 valence electrons. The average Bonchev–Trinajstić information content (AvgIpc) is 3.63. The van der Waals surface area contributed by atoms with Crippen LogP contribution in [0.15, 0.2) is 30.6 Å². The number of halogens is 2. The topological polar surface area (TPSA) is 123 Å². The third kappa shape index (κ3) is 6.40. The highest BCUT2D eigenvalue weighted by Crippen LogP contribution is 2.36. The standard InChI is InChI=1S/C24H29F2N7O3S/c1-13(2)33-12-18(19-7-8-27-23(30-19)28-11-14(3)29-24(34)36-4)22(31-33)17-9-15(25)10-20(21(17)26)32-37(35)16-5-6-16/h7-10,12-14,16,32H,5-6,11H2,1-4H3,(H,29,34)(H,27,28,30)/t14-,37?/m0/s1. The van der Waals surface area contributed by atoms with E-state index in [1.807, 2.05) is 13.8 Å². The van der Waals surface area contributed by atoms with E-state index in [1.54, 1.807) is 23.9 Å². The molecular formula is C24H29F2N7O3S. The second-order valence-electron chi connectivity index (χ2n) is 9.06. The molecule has 1 aliphatic carbocycles. The van der Waals surface area contributed by atoms with Crippen LogP contribution in [0.5, 0.6) is 0 Å². The summed E-state index contributed by atoms with van der Waals surface area (Å²) < 4.78 is 51.4. The Balaban J connectivity index is 1.67. The zero-order valence-corrected chi connectivity index (χ0v) is 21.7. The Morgan fingerprint density at radius 3 is 2.68 bits per heavy atom. The molecule has 1 unspecified atom stereocenters. The van der Waals surface area contributed by atoms with Gasteiger partial charge in [-0.15, -0.1) is 0 Å². The monoisotopic (exact) mass is 533 g/mol. The van der Waals surface area contributed by atoms with E-state index in [0.717, 1.165) is 25.0 Å². The molecular weight excluding hydrogens is 504 g/mol. The quantitative estimate of drug-likeness (QED) is 0.356. The number of nitrogens with one attached hydrogen (secondary N) is 3. The van der Waals surface area contributed by atoms with Crippen LogP contribution in [0.3, 0.4) is 0 Å². The molecule has 3 N–H and O–H groups in total. The minimum absolute atomic E-state index is 0.0562. The second-order valence-corrected chi connectivity index (χ2v) is 10.5. The summed E-state index contributed by atoms with van der Waals surface area (Å²) in [7, 11) is -0.216. The molecule has 0 bridgehead atoms. The molecule has 1 amide bonds. The fourth-order valence-electron chi connectivity index (χ4n) is 3.50. The van der Waals surface area contributed by atoms with Gasteiger partial charge in [-0.25, -0.2) is 27.8 Å². The van der Waals surface area contributed by atoms with E-state index < -0.39 is 28.7 Å². The summed E-state index contributed by atoms with van der Waals surface area (Å²) in [6, 6.07) is 3.37. The Bertz CT molecular complexity index is 1310. The lowest BCUT2D eigenvalue weighted by molar-refractivity contribution is 0.168. The largest absolute Gasteiger partial charge is 0.453 e. The van der Waals surface area contributed by atoms with E-state index in [0.29, 0.717) is 17.8 Å². The Labute approximate surface area is 215 Å². The van der Waals surface area contributed by atoms with Gasteiger partial charge in [0.2, 0.25) is 5.95 Å².